The first-order valence-corrected chi connectivity index (χ1v) is 6.71. The monoisotopic (exact) mass is 226 g/mol. The quantitative estimate of drug-likeness (QED) is 0.797. The number of nitrogens with two attached hydrogens (primary N) is 1. The van der Waals surface area contributed by atoms with Gasteiger partial charge in [0, 0.05) is 25.2 Å². The maximum Gasteiger partial charge on any atom is 0.0607 e. The highest BCUT2D eigenvalue weighted by molar-refractivity contribution is 5.05. The summed E-state index contributed by atoms with van der Waals surface area (Å²) in [6, 6.07) is 0.698. The summed E-state index contributed by atoms with van der Waals surface area (Å²) < 4.78 is 5.42. The summed E-state index contributed by atoms with van der Waals surface area (Å²) in [7, 11) is 1.82. The molecule has 0 bridgehead atoms. The zero-order valence-electron chi connectivity index (χ0n) is 10.7. The van der Waals surface area contributed by atoms with Crippen molar-refractivity contribution in [3.63, 3.8) is 0 Å². The maximum atomic E-state index is 6.03. The highest BCUT2D eigenvalue weighted by Crippen LogP contribution is 2.41. The molecule has 0 amide bonds. The Morgan fingerprint density at radius 1 is 1.31 bits per heavy atom. The van der Waals surface area contributed by atoms with Crippen molar-refractivity contribution in [3.05, 3.63) is 0 Å². The summed E-state index contributed by atoms with van der Waals surface area (Å²) in [6.07, 6.45) is 8.14. The van der Waals surface area contributed by atoms with E-state index in [9.17, 15) is 0 Å². The normalized spacial score (nSPS) is 41.4. The summed E-state index contributed by atoms with van der Waals surface area (Å²) in [5.41, 5.74) is 6.29. The predicted octanol–water partition coefficient (Wildman–Crippen LogP) is 1.76. The molecule has 1 aliphatic carbocycles. The first kappa shape index (κ1) is 12.3. The standard InChI is InChI=1S/C13H26N2O/c1-11-6-4-3-5-7-15(11)13(10-14)8-12(9-13)16-2/h11-12H,3-10,14H2,1-2H3. The Hall–Kier alpha value is -0.120. The number of likely N-dealkylation sites (tertiary alicyclic amines) is 1. The molecule has 1 heterocycles. The summed E-state index contributed by atoms with van der Waals surface area (Å²) in [5.74, 6) is 0. The van der Waals surface area contributed by atoms with E-state index in [-0.39, 0.29) is 5.54 Å². The van der Waals surface area contributed by atoms with Gasteiger partial charge in [-0.1, -0.05) is 12.8 Å². The molecule has 1 saturated heterocycles. The van der Waals surface area contributed by atoms with E-state index in [2.05, 4.69) is 11.8 Å². The molecule has 94 valence electrons. The fourth-order valence-electron chi connectivity index (χ4n) is 3.45. The second kappa shape index (κ2) is 5.03. The van der Waals surface area contributed by atoms with E-state index >= 15 is 0 Å². The first-order chi connectivity index (χ1) is 7.72. The lowest BCUT2D eigenvalue weighted by Crippen LogP contribution is -2.65. The largest absolute Gasteiger partial charge is 0.381 e. The van der Waals surface area contributed by atoms with Gasteiger partial charge < -0.3 is 10.5 Å². The number of nitrogens with zero attached hydrogens (tertiary/aromatic N) is 1. The van der Waals surface area contributed by atoms with Crippen LogP contribution in [-0.4, -0.2) is 42.8 Å². The zero-order valence-corrected chi connectivity index (χ0v) is 10.7. The topological polar surface area (TPSA) is 38.5 Å². The smallest absolute Gasteiger partial charge is 0.0607 e. The maximum absolute atomic E-state index is 6.03. The van der Waals surface area contributed by atoms with Crippen molar-refractivity contribution in [3.8, 4) is 0 Å². The molecule has 16 heavy (non-hydrogen) atoms. The van der Waals surface area contributed by atoms with Crippen molar-refractivity contribution >= 4 is 0 Å². The van der Waals surface area contributed by atoms with Gasteiger partial charge in [-0.3, -0.25) is 4.90 Å². The molecule has 1 saturated carbocycles. The Bertz CT molecular complexity index is 226. The number of rotatable bonds is 3. The van der Waals surface area contributed by atoms with Gasteiger partial charge in [-0.2, -0.15) is 0 Å². The highest BCUT2D eigenvalue weighted by Gasteiger charge is 2.49. The average molecular weight is 226 g/mol. The molecule has 3 heteroatoms. The lowest BCUT2D eigenvalue weighted by molar-refractivity contribution is -0.0990. The van der Waals surface area contributed by atoms with Crippen molar-refractivity contribution in [2.24, 2.45) is 5.73 Å². The van der Waals surface area contributed by atoms with Gasteiger partial charge in [-0.15, -0.1) is 0 Å². The number of hydrogen-bond donors (Lipinski definition) is 1. The van der Waals surface area contributed by atoms with E-state index in [1.165, 1.54) is 32.2 Å². The summed E-state index contributed by atoms with van der Waals surface area (Å²) in [5, 5.41) is 0. The van der Waals surface area contributed by atoms with Crippen LogP contribution in [0.15, 0.2) is 0 Å². The first-order valence-electron chi connectivity index (χ1n) is 6.71. The van der Waals surface area contributed by atoms with Gasteiger partial charge in [0.1, 0.15) is 0 Å². The van der Waals surface area contributed by atoms with Gasteiger partial charge in [0.25, 0.3) is 0 Å². The molecule has 2 fully saturated rings. The van der Waals surface area contributed by atoms with Gasteiger partial charge in [0.2, 0.25) is 0 Å². The summed E-state index contributed by atoms with van der Waals surface area (Å²) in [4.78, 5) is 2.68. The van der Waals surface area contributed by atoms with Gasteiger partial charge in [-0.25, -0.2) is 0 Å². The predicted molar refractivity (Wildman–Crippen MR) is 66.5 cm³/mol. The lowest BCUT2D eigenvalue weighted by atomic mass is 9.72. The van der Waals surface area contributed by atoms with Crippen LogP contribution in [0, 0.1) is 0 Å². The molecule has 2 rings (SSSR count). The second-order valence-corrected chi connectivity index (χ2v) is 5.59. The Labute approximate surface area is 99.3 Å². The van der Waals surface area contributed by atoms with E-state index in [4.69, 9.17) is 10.5 Å². The Kier molecular flexibility index (Phi) is 3.88. The molecule has 1 atom stereocenters. The Morgan fingerprint density at radius 3 is 2.69 bits per heavy atom. The molecule has 0 aromatic carbocycles. The van der Waals surface area contributed by atoms with Crippen LogP contribution in [0.3, 0.4) is 0 Å². The van der Waals surface area contributed by atoms with Crippen LogP contribution in [0.1, 0.15) is 45.4 Å². The van der Waals surface area contributed by atoms with E-state index in [1.807, 2.05) is 7.11 Å². The molecule has 0 spiro atoms. The third kappa shape index (κ3) is 2.13. The second-order valence-electron chi connectivity index (χ2n) is 5.59. The summed E-state index contributed by atoms with van der Waals surface area (Å²) >= 11 is 0. The number of ether oxygens (including phenoxy) is 1. The molecule has 0 aromatic heterocycles. The van der Waals surface area contributed by atoms with Crippen molar-refractivity contribution < 1.29 is 4.74 Å². The molecule has 0 radical (unpaired) electrons. The fraction of sp³-hybridized carbons (Fsp3) is 1.00. The van der Waals surface area contributed by atoms with E-state index in [0.29, 0.717) is 12.1 Å². The highest BCUT2D eigenvalue weighted by atomic mass is 16.5. The molecule has 2 aliphatic rings. The van der Waals surface area contributed by atoms with Crippen LogP contribution in [0.5, 0.6) is 0 Å². The van der Waals surface area contributed by atoms with Crippen LogP contribution in [0.25, 0.3) is 0 Å². The van der Waals surface area contributed by atoms with Gasteiger partial charge in [0.05, 0.1) is 6.10 Å². The van der Waals surface area contributed by atoms with Gasteiger partial charge in [-0.05, 0) is 39.2 Å². The molecule has 1 aliphatic heterocycles. The van der Waals surface area contributed by atoms with E-state index in [0.717, 1.165) is 19.4 Å². The van der Waals surface area contributed by atoms with Gasteiger partial charge in [0.15, 0.2) is 0 Å². The molecule has 0 aromatic rings. The van der Waals surface area contributed by atoms with E-state index in [1.54, 1.807) is 0 Å². The minimum atomic E-state index is 0.254. The summed E-state index contributed by atoms with van der Waals surface area (Å²) in [6.45, 7) is 4.38. The van der Waals surface area contributed by atoms with Crippen molar-refractivity contribution in [1.82, 2.24) is 4.90 Å². The van der Waals surface area contributed by atoms with Crippen molar-refractivity contribution in [1.29, 1.82) is 0 Å². The molecular formula is C13H26N2O. The van der Waals surface area contributed by atoms with Crippen LogP contribution in [0.4, 0.5) is 0 Å². The average Bonchev–Trinajstić information content (AvgIpc) is 2.44. The lowest BCUT2D eigenvalue weighted by Gasteiger charge is -2.55. The fourth-order valence-corrected chi connectivity index (χ4v) is 3.45. The third-order valence-corrected chi connectivity index (χ3v) is 4.59. The van der Waals surface area contributed by atoms with E-state index < -0.39 is 0 Å². The van der Waals surface area contributed by atoms with Crippen LogP contribution in [0.2, 0.25) is 0 Å². The van der Waals surface area contributed by atoms with Crippen molar-refractivity contribution in [2.45, 2.75) is 63.1 Å². The Balaban J connectivity index is 2.02. The molecule has 1 unspecified atom stereocenters. The number of methoxy groups -OCH3 is 1. The molecule has 2 N–H and O–H groups in total. The number of hydrogen-bond acceptors (Lipinski definition) is 3. The molecular weight excluding hydrogens is 200 g/mol. The van der Waals surface area contributed by atoms with Crippen LogP contribution in [-0.2, 0) is 4.74 Å². The van der Waals surface area contributed by atoms with Crippen molar-refractivity contribution in [2.75, 3.05) is 20.2 Å². The van der Waals surface area contributed by atoms with Gasteiger partial charge >= 0.3 is 0 Å². The minimum Gasteiger partial charge on any atom is -0.381 e. The zero-order chi connectivity index (χ0) is 11.6. The van der Waals surface area contributed by atoms with Crippen LogP contribution < -0.4 is 5.73 Å². The third-order valence-electron chi connectivity index (χ3n) is 4.59. The molecule has 3 nitrogen and oxygen atoms in total. The minimum absolute atomic E-state index is 0.254. The SMILES string of the molecule is COC1CC(CN)(N2CCCCCC2C)C1. The Morgan fingerprint density at radius 2 is 2.06 bits per heavy atom. The van der Waals surface area contributed by atoms with Crippen LogP contribution >= 0.6 is 0 Å².